The maximum atomic E-state index is 3.52. The van der Waals surface area contributed by atoms with Crippen molar-refractivity contribution in [2.75, 3.05) is 13.1 Å². The second-order valence-electron chi connectivity index (χ2n) is 4.13. The van der Waals surface area contributed by atoms with Crippen LogP contribution >= 0.6 is 15.9 Å². The lowest BCUT2D eigenvalue weighted by molar-refractivity contribution is 0.305. The van der Waals surface area contributed by atoms with Crippen LogP contribution in [-0.2, 0) is 5.41 Å². The van der Waals surface area contributed by atoms with Crippen LogP contribution in [0.2, 0.25) is 0 Å². The molecule has 1 heterocycles. The molecule has 1 aromatic carbocycles. The van der Waals surface area contributed by atoms with Crippen LogP contribution < -0.4 is 5.32 Å². The zero-order chi connectivity index (χ0) is 9.47. The molecule has 1 aromatic rings. The van der Waals surface area contributed by atoms with E-state index in [0.29, 0.717) is 5.41 Å². The first-order valence-corrected chi connectivity index (χ1v) is 5.38. The molecular formula is C11H14BrN. The van der Waals surface area contributed by atoms with E-state index < -0.39 is 0 Å². The normalized spacial score (nSPS) is 19.6. The van der Waals surface area contributed by atoms with E-state index in [0.717, 1.165) is 13.1 Å². The first-order chi connectivity index (χ1) is 6.12. The van der Waals surface area contributed by atoms with E-state index in [-0.39, 0.29) is 0 Å². The number of nitrogens with one attached hydrogen (secondary N) is 1. The lowest BCUT2D eigenvalue weighted by atomic mass is 9.77. The van der Waals surface area contributed by atoms with Crippen LogP contribution in [0.4, 0.5) is 0 Å². The Balaban J connectivity index is 2.36. The van der Waals surface area contributed by atoms with Crippen LogP contribution in [0.3, 0.4) is 0 Å². The summed E-state index contributed by atoms with van der Waals surface area (Å²) in [6.45, 7) is 6.66. The van der Waals surface area contributed by atoms with Crippen molar-refractivity contribution in [1.29, 1.82) is 0 Å². The maximum absolute atomic E-state index is 3.52. The Morgan fingerprint density at radius 1 is 1.38 bits per heavy atom. The quantitative estimate of drug-likeness (QED) is 0.795. The van der Waals surface area contributed by atoms with Crippen molar-refractivity contribution in [1.82, 2.24) is 5.32 Å². The van der Waals surface area contributed by atoms with Crippen molar-refractivity contribution in [3.63, 3.8) is 0 Å². The van der Waals surface area contributed by atoms with E-state index in [2.05, 4.69) is 53.3 Å². The van der Waals surface area contributed by atoms with Gasteiger partial charge in [-0.1, -0.05) is 35.0 Å². The minimum absolute atomic E-state index is 0.367. The predicted molar refractivity (Wildman–Crippen MR) is 59.1 cm³/mol. The van der Waals surface area contributed by atoms with Crippen molar-refractivity contribution >= 4 is 15.9 Å². The lowest BCUT2D eigenvalue weighted by Crippen LogP contribution is -2.54. The van der Waals surface area contributed by atoms with Crippen molar-refractivity contribution in [3.8, 4) is 0 Å². The van der Waals surface area contributed by atoms with Crippen LogP contribution in [0, 0.1) is 6.92 Å². The smallest absolute Gasteiger partial charge is 0.0204 e. The highest BCUT2D eigenvalue weighted by Gasteiger charge is 2.33. The molecule has 0 atom stereocenters. The average molecular weight is 240 g/mol. The predicted octanol–water partition coefficient (Wildman–Crippen LogP) is 2.62. The number of aryl methyl sites for hydroxylation is 1. The third kappa shape index (κ3) is 1.53. The van der Waals surface area contributed by atoms with Crippen LogP contribution in [-0.4, -0.2) is 13.1 Å². The van der Waals surface area contributed by atoms with E-state index in [9.17, 15) is 0 Å². The molecule has 0 aromatic heterocycles. The number of rotatable bonds is 1. The van der Waals surface area contributed by atoms with Gasteiger partial charge in [-0.25, -0.2) is 0 Å². The molecule has 1 fully saturated rings. The minimum atomic E-state index is 0.367. The van der Waals surface area contributed by atoms with Crippen LogP contribution in [0.5, 0.6) is 0 Å². The number of halogens is 1. The molecule has 0 saturated carbocycles. The van der Waals surface area contributed by atoms with Gasteiger partial charge in [-0.15, -0.1) is 0 Å². The minimum Gasteiger partial charge on any atom is -0.315 e. The van der Waals surface area contributed by atoms with Gasteiger partial charge in [0.15, 0.2) is 0 Å². The van der Waals surface area contributed by atoms with Crippen LogP contribution in [0.15, 0.2) is 22.7 Å². The summed E-state index contributed by atoms with van der Waals surface area (Å²) in [7, 11) is 0. The van der Waals surface area contributed by atoms with Gasteiger partial charge in [0.2, 0.25) is 0 Å². The molecule has 0 radical (unpaired) electrons. The monoisotopic (exact) mass is 239 g/mol. The fraction of sp³-hybridized carbons (Fsp3) is 0.455. The standard InChI is InChI=1S/C11H14BrN/c1-8-5-9(3-4-10(8)12)11(2)6-13-7-11/h3-5,13H,6-7H2,1-2H3. The molecule has 70 valence electrons. The fourth-order valence-corrected chi connectivity index (χ4v) is 1.97. The summed E-state index contributed by atoms with van der Waals surface area (Å²) in [6, 6.07) is 6.65. The van der Waals surface area contributed by atoms with Crippen molar-refractivity contribution in [2.24, 2.45) is 0 Å². The number of hydrogen-bond donors (Lipinski definition) is 1. The maximum Gasteiger partial charge on any atom is 0.0204 e. The van der Waals surface area contributed by atoms with E-state index in [1.165, 1.54) is 15.6 Å². The first kappa shape index (κ1) is 9.22. The van der Waals surface area contributed by atoms with Gasteiger partial charge in [0, 0.05) is 23.0 Å². The molecule has 1 nitrogen and oxygen atoms in total. The van der Waals surface area contributed by atoms with E-state index >= 15 is 0 Å². The van der Waals surface area contributed by atoms with Gasteiger partial charge in [0.1, 0.15) is 0 Å². The van der Waals surface area contributed by atoms with Gasteiger partial charge in [-0.05, 0) is 24.1 Å². The summed E-state index contributed by atoms with van der Waals surface area (Å²) in [5, 5.41) is 3.32. The molecule has 13 heavy (non-hydrogen) atoms. The van der Waals surface area contributed by atoms with E-state index in [1.54, 1.807) is 0 Å². The number of hydrogen-bond acceptors (Lipinski definition) is 1. The summed E-state index contributed by atoms with van der Waals surface area (Å²) in [6.07, 6.45) is 0. The average Bonchev–Trinajstić information content (AvgIpc) is 2.06. The van der Waals surface area contributed by atoms with Gasteiger partial charge < -0.3 is 5.32 Å². The Bertz CT molecular complexity index is 329. The Morgan fingerprint density at radius 3 is 2.54 bits per heavy atom. The summed E-state index contributed by atoms with van der Waals surface area (Å²) < 4.78 is 1.20. The molecule has 0 spiro atoms. The van der Waals surface area contributed by atoms with Crippen LogP contribution in [0.25, 0.3) is 0 Å². The third-order valence-electron chi connectivity index (χ3n) is 2.89. The fourth-order valence-electron chi connectivity index (χ4n) is 1.72. The number of benzene rings is 1. The van der Waals surface area contributed by atoms with E-state index in [1.807, 2.05) is 0 Å². The lowest BCUT2D eigenvalue weighted by Gasteiger charge is -2.40. The summed E-state index contributed by atoms with van der Waals surface area (Å²) in [5.74, 6) is 0. The Hall–Kier alpha value is -0.340. The van der Waals surface area contributed by atoms with Crippen molar-refractivity contribution < 1.29 is 0 Å². The molecule has 1 N–H and O–H groups in total. The summed E-state index contributed by atoms with van der Waals surface area (Å²) in [4.78, 5) is 0. The summed E-state index contributed by atoms with van der Waals surface area (Å²) >= 11 is 3.52. The van der Waals surface area contributed by atoms with Gasteiger partial charge in [-0.2, -0.15) is 0 Å². The van der Waals surface area contributed by atoms with Crippen LogP contribution in [0.1, 0.15) is 18.1 Å². The largest absolute Gasteiger partial charge is 0.315 e. The molecule has 0 bridgehead atoms. The second kappa shape index (κ2) is 3.10. The molecule has 1 aliphatic rings. The highest BCUT2D eigenvalue weighted by atomic mass is 79.9. The second-order valence-corrected chi connectivity index (χ2v) is 4.98. The molecule has 1 aliphatic heterocycles. The highest BCUT2D eigenvalue weighted by Crippen LogP contribution is 2.30. The van der Waals surface area contributed by atoms with Crippen molar-refractivity contribution in [2.45, 2.75) is 19.3 Å². The molecule has 2 rings (SSSR count). The third-order valence-corrected chi connectivity index (χ3v) is 3.77. The molecule has 1 saturated heterocycles. The molecular weight excluding hydrogens is 226 g/mol. The molecule has 0 unspecified atom stereocenters. The highest BCUT2D eigenvalue weighted by molar-refractivity contribution is 9.10. The zero-order valence-electron chi connectivity index (χ0n) is 8.02. The first-order valence-electron chi connectivity index (χ1n) is 4.59. The topological polar surface area (TPSA) is 12.0 Å². The summed E-state index contributed by atoms with van der Waals surface area (Å²) in [5.41, 5.74) is 3.14. The van der Waals surface area contributed by atoms with Gasteiger partial charge in [-0.3, -0.25) is 0 Å². The van der Waals surface area contributed by atoms with Gasteiger partial charge in [0.05, 0.1) is 0 Å². The van der Waals surface area contributed by atoms with Gasteiger partial charge in [0.25, 0.3) is 0 Å². The Labute approximate surface area is 87.7 Å². The Kier molecular flexibility index (Phi) is 2.20. The van der Waals surface area contributed by atoms with Gasteiger partial charge >= 0.3 is 0 Å². The molecule has 0 aliphatic carbocycles. The zero-order valence-corrected chi connectivity index (χ0v) is 9.61. The van der Waals surface area contributed by atoms with Crippen molar-refractivity contribution in [3.05, 3.63) is 33.8 Å². The Morgan fingerprint density at radius 2 is 2.08 bits per heavy atom. The SMILES string of the molecule is Cc1cc(C2(C)CNC2)ccc1Br. The molecule has 0 amide bonds. The molecule has 2 heteroatoms. The van der Waals surface area contributed by atoms with E-state index in [4.69, 9.17) is 0 Å².